The minimum absolute atomic E-state index is 0.504. The molecule has 0 heterocycles. The summed E-state index contributed by atoms with van der Waals surface area (Å²) in [5.74, 6) is 1.48. The molecule has 0 fully saturated rings. The fourth-order valence-electron chi connectivity index (χ4n) is 1.70. The molecular weight excluding hydrogens is 222 g/mol. The van der Waals surface area contributed by atoms with E-state index in [9.17, 15) is 0 Å². The highest BCUT2D eigenvalue weighted by Crippen LogP contribution is 2.19. The molecule has 1 rings (SSSR count). The Morgan fingerprint density at radius 2 is 2.00 bits per heavy atom. The molecule has 0 amide bonds. The SMILES string of the molecule is C=CCc1ccccc1OCC(C)CNC(C)C. The lowest BCUT2D eigenvalue weighted by molar-refractivity contribution is 0.251. The molecule has 0 bridgehead atoms. The van der Waals surface area contributed by atoms with Crippen molar-refractivity contribution in [3.63, 3.8) is 0 Å². The van der Waals surface area contributed by atoms with E-state index in [1.165, 1.54) is 5.56 Å². The lowest BCUT2D eigenvalue weighted by Gasteiger charge is -2.17. The lowest BCUT2D eigenvalue weighted by atomic mass is 10.1. The van der Waals surface area contributed by atoms with Gasteiger partial charge in [-0.25, -0.2) is 0 Å². The summed E-state index contributed by atoms with van der Waals surface area (Å²) >= 11 is 0. The van der Waals surface area contributed by atoms with Gasteiger partial charge in [0.15, 0.2) is 0 Å². The van der Waals surface area contributed by atoms with Gasteiger partial charge >= 0.3 is 0 Å². The van der Waals surface area contributed by atoms with E-state index in [4.69, 9.17) is 4.74 Å². The van der Waals surface area contributed by atoms with Crippen LogP contribution in [0.25, 0.3) is 0 Å². The van der Waals surface area contributed by atoms with Crippen molar-refractivity contribution >= 4 is 0 Å². The zero-order valence-electron chi connectivity index (χ0n) is 11.8. The van der Waals surface area contributed by atoms with Gasteiger partial charge in [-0.15, -0.1) is 6.58 Å². The van der Waals surface area contributed by atoms with Gasteiger partial charge in [-0.05, 0) is 18.1 Å². The number of allylic oxidation sites excluding steroid dienone is 1. The lowest BCUT2D eigenvalue weighted by Crippen LogP contribution is -2.30. The molecule has 1 aromatic rings. The molecule has 0 aliphatic rings. The van der Waals surface area contributed by atoms with E-state index in [-0.39, 0.29) is 0 Å². The quantitative estimate of drug-likeness (QED) is 0.711. The number of nitrogens with one attached hydrogen (secondary N) is 1. The fourth-order valence-corrected chi connectivity index (χ4v) is 1.70. The van der Waals surface area contributed by atoms with Crippen LogP contribution < -0.4 is 10.1 Å². The van der Waals surface area contributed by atoms with Gasteiger partial charge < -0.3 is 10.1 Å². The number of benzene rings is 1. The van der Waals surface area contributed by atoms with Gasteiger partial charge in [0.1, 0.15) is 5.75 Å². The predicted octanol–water partition coefficient (Wildman–Crippen LogP) is 3.43. The first-order valence-corrected chi connectivity index (χ1v) is 6.68. The van der Waals surface area contributed by atoms with Crippen molar-refractivity contribution in [3.8, 4) is 5.75 Å². The van der Waals surface area contributed by atoms with E-state index in [1.807, 2.05) is 24.3 Å². The third-order valence-corrected chi connectivity index (χ3v) is 2.73. The molecule has 0 aliphatic heterocycles. The molecular formula is C16H25NO. The van der Waals surface area contributed by atoms with Gasteiger partial charge in [0.25, 0.3) is 0 Å². The van der Waals surface area contributed by atoms with Gasteiger partial charge in [0, 0.05) is 18.5 Å². The highest BCUT2D eigenvalue weighted by Gasteiger charge is 2.06. The molecule has 0 saturated heterocycles. The van der Waals surface area contributed by atoms with Gasteiger partial charge in [-0.3, -0.25) is 0 Å². The summed E-state index contributed by atoms with van der Waals surface area (Å²) in [6.07, 6.45) is 2.76. The maximum absolute atomic E-state index is 5.90. The van der Waals surface area contributed by atoms with Crippen LogP contribution in [0.3, 0.4) is 0 Å². The van der Waals surface area contributed by atoms with Gasteiger partial charge in [-0.1, -0.05) is 45.0 Å². The second-order valence-electron chi connectivity index (χ2n) is 5.08. The second kappa shape index (κ2) is 7.93. The fraction of sp³-hybridized carbons (Fsp3) is 0.500. The summed E-state index contributed by atoms with van der Waals surface area (Å²) in [5.41, 5.74) is 1.21. The summed E-state index contributed by atoms with van der Waals surface area (Å²) in [5, 5.41) is 3.43. The predicted molar refractivity (Wildman–Crippen MR) is 78.1 cm³/mol. The highest BCUT2D eigenvalue weighted by atomic mass is 16.5. The summed E-state index contributed by atoms with van der Waals surface area (Å²) < 4.78 is 5.90. The number of para-hydroxylation sites is 1. The molecule has 0 radical (unpaired) electrons. The number of hydrogen-bond acceptors (Lipinski definition) is 2. The molecule has 2 heteroatoms. The van der Waals surface area contributed by atoms with E-state index in [1.54, 1.807) is 0 Å². The molecule has 1 N–H and O–H groups in total. The molecule has 18 heavy (non-hydrogen) atoms. The normalized spacial score (nSPS) is 12.4. The highest BCUT2D eigenvalue weighted by molar-refractivity contribution is 5.34. The molecule has 2 nitrogen and oxygen atoms in total. The Kier molecular flexibility index (Phi) is 6.51. The molecule has 1 aromatic carbocycles. The molecule has 1 unspecified atom stereocenters. The Morgan fingerprint density at radius 3 is 2.67 bits per heavy atom. The maximum Gasteiger partial charge on any atom is 0.122 e. The van der Waals surface area contributed by atoms with Crippen LogP contribution in [0.1, 0.15) is 26.3 Å². The van der Waals surface area contributed by atoms with Crippen LogP contribution in [-0.4, -0.2) is 19.2 Å². The Morgan fingerprint density at radius 1 is 1.28 bits per heavy atom. The number of hydrogen-bond donors (Lipinski definition) is 1. The smallest absolute Gasteiger partial charge is 0.122 e. The first kappa shape index (κ1) is 14.8. The van der Waals surface area contributed by atoms with Crippen molar-refractivity contribution < 1.29 is 4.74 Å². The third-order valence-electron chi connectivity index (χ3n) is 2.73. The van der Waals surface area contributed by atoms with Crippen molar-refractivity contribution in [2.45, 2.75) is 33.2 Å². The zero-order valence-corrected chi connectivity index (χ0v) is 11.8. The van der Waals surface area contributed by atoms with Crippen LogP contribution >= 0.6 is 0 Å². The Labute approximate surface area is 111 Å². The van der Waals surface area contributed by atoms with Crippen molar-refractivity contribution in [3.05, 3.63) is 42.5 Å². The second-order valence-corrected chi connectivity index (χ2v) is 5.08. The van der Waals surface area contributed by atoms with Crippen LogP contribution in [-0.2, 0) is 6.42 Å². The summed E-state index contributed by atoms with van der Waals surface area (Å²) in [4.78, 5) is 0. The van der Waals surface area contributed by atoms with E-state index < -0.39 is 0 Å². The summed E-state index contributed by atoms with van der Waals surface area (Å²) in [6, 6.07) is 8.70. The monoisotopic (exact) mass is 247 g/mol. The molecule has 0 aliphatic carbocycles. The average molecular weight is 247 g/mol. The third kappa shape index (κ3) is 5.37. The summed E-state index contributed by atoms with van der Waals surface area (Å²) in [7, 11) is 0. The minimum Gasteiger partial charge on any atom is -0.493 e. The molecule has 100 valence electrons. The van der Waals surface area contributed by atoms with E-state index in [0.29, 0.717) is 12.0 Å². The number of ether oxygens (including phenoxy) is 1. The van der Waals surface area contributed by atoms with E-state index in [0.717, 1.165) is 25.3 Å². The zero-order chi connectivity index (χ0) is 13.4. The molecule has 0 saturated carbocycles. The van der Waals surface area contributed by atoms with Crippen molar-refractivity contribution in [1.82, 2.24) is 5.32 Å². The van der Waals surface area contributed by atoms with E-state index in [2.05, 4.69) is 38.7 Å². The van der Waals surface area contributed by atoms with Crippen molar-refractivity contribution in [1.29, 1.82) is 0 Å². The van der Waals surface area contributed by atoms with Crippen LogP contribution in [0.2, 0.25) is 0 Å². The van der Waals surface area contributed by atoms with Gasteiger partial charge in [0.05, 0.1) is 6.61 Å². The topological polar surface area (TPSA) is 21.3 Å². The van der Waals surface area contributed by atoms with Crippen LogP contribution in [0.4, 0.5) is 0 Å². The Bertz CT molecular complexity index is 360. The first-order valence-electron chi connectivity index (χ1n) is 6.68. The van der Waals surface area contributed by atoms with Gasteiger partial charge in [-0.2, -0.15) is 0 Å². The van der Waals surface area contributed by atoms with Crippen LogP contribution in [0.15, 0.2) is 36.9 Å². The summed E-state index contributed by atoms with van der Waals surface area (Å²) in [6.45, 7) is 12.0. The molecule has 0 aromatic heterocycles. The Balaban J connectivity index is 2.44. The molecule has 1 atom stereocenters. The van der Waals surface area contributed by atoms with Gasteiger partial charge in [0.2, 0.25) is 0 Å². The first-order chi connectivity index (χ1) is 8.63. The Hall–Kier alpha value is -1.28. The van der Waals surface area contributed by atoms with Crippen LogP contribution in [0, 0.1) is 5.92 Å². The van der Waals surface area contributed by atoms with Crippen LogP contribution in [0.5, 0.6) is 5.75 Å². The van der Waals surface area contributed by atoms with Crippen molar-refractivity contribution in [2.75, 3.05) is 13.2 Å². The van der Waals surface area contributed by atoms with Crippen molar-refractivity contribution in [2.24, 2.45) is 5.92 Å². The maximum atomic E-state index is 5.90. The standard InChI is InChI=1S/C16H25NO/c1-5-8-15-9-6-7-10-16(15)18-12-14(4)11-17-13(2)3/h5-7,9-10,13-14,17H,1,8,11-12H2,2-4H3. The number of rotatable bonds is 8. The minimum atomic E-state index is 0.504. The largest absolute Gasteiger partial charge is 0.493 e. The molecule has 0 spiro atoms. The average Bonchev–Trinajstić information content (AvgIpc) is 2.35. The van der Waals surface area contributed by atoms with E-state index >= 15 is 0 Å².